The summed E-state index contributed by atoms with van der Waals surface area (Å²) in [7, 11) is 0. The average molecular weight is 223 g/mol. The number of unbranched alkanes of at least 4 members (excludes halogenated alkanes) is 1. The topological polar surface area (TPSA) is 34.4 Å². The highest BCUT2D eigenvalue weighted by Crippen LogP contribution is 2.11. The van der Waals surface area contributed by atoms with Crippen molar-refractivity contribution in [2.75, 3.05) is 13.2 Å². The molecule has 1 rings (SSSR count). The summed E-state index contributed by atoms with van der Waals surface area (Å²) in [4.78, 5) is 0. The fraction of sp³-hybridized carbons (Fsp3) is 0.538. The third-order valence-electron chi connectivity index (χ3n) is 2.33. The molecule has 0 fully saturated rings. The average Bonchev–Trinajstić information content (AvgIpc) is 2.74. The van der Waals surface area contributed by atoms with E-state index in [9.17, 15) is 0 Å². The van der Waals surface area contributed by atoms with Crippen LogP contribution in [0.1, 0.15) is 31.1 Å². The molecule has 0 spiro atoms. The van der Waals surface area contributed by atoms with E-state index >= 15 is 0 Å². The quantitative estimate of drug-likeness (QED) is 0.516. The van der Waals surface area contributed by atoms with Crippen LogP contribution in [0.5, 0.6) is 0 Å². The van der Waals surface area contributed by atoms with Crippen molar-refractivity contribution in [3.63, 3.8) is 0 Å². The lowest BCUT2D eigenvalue weighted by atomic mass is 10.2. The molecule has 0 atom stereocenters. The summed E-state index contributed by atoms with van der Waals surface area (Å²) in [6.07, 6.45) is 5.65. The van der Waals surface area contributed by atoms with Gasteiger partial charge >= 0.3 is 0 Å². The highest BCUT2D eigenvalue weighted by atomic mass is 16.5. The van der Waals surface area contributed by atoms with Crippen LogP contribution < -0.4 is 5.32 Å². The summed E-state index contributed by atoms with van der Waals surface area (Å²) in [5.74, 6) is 0.930. The van der Waals surface area contributed by atoms with Gasteiger partial charge in [-0.05, 0) is 25.5 Å². The summed E-state index contributed by atoms with van der Waals surface area (Å²) in [5.41, 5.74) is 1.19. The molecule has 0 saturated carbocycles. The van der Waals surface area contributed by atoms with Gasteiger partial charge in [0, 0.05) is 18.7 Å². The molecule has 1 aromatic heterocycles. The Balaban J connectivity index is 2.24. The summed E-state index contributed by atoms with van der Waals surface area (Å²) in [6.45, 7) is 8.89. The molecular formula is C13H21NO2. The first-order valence-corrected chi connectivity index (χ1v) is 5.83. The molecule has 0 aromatic carbocycles. The molecule has 0 bridgehead atoms. The third-order valence-corrected chi connectivity index (χ3v) is 2.33. The van der Waals surface area contributed by atoms with Crippen molar-refractivity contribution in [2.45, 2.75) is 32.9 Å². The number of hydrogen-bond acceptors (Lipinski definition) is 3. The Morgan fingerprint density at radius 3 is 3.19 bits per heavy atom. The molecule has 0 aliphatic carbocycles. The van der Waals surface area contributed by atoms with Crippen LogP contribution in [0.2, 0.25) is 0 Å². The van der Waals surface area contributed by atoms with E-state index < -0.39 is 0 Å². The van der Waals surface area contributed by atoms with Crippen molar-refractivity contribution >= 4 is 0 Å². The largest absolute Gasteiger partial charge is 0.467 e. The maximum Gasteiger partial charge on any atom is 0.133 e. The van der Waals surface area contributed by atoms with Crippen molar-refractivity contribution in [2.24, 2.45) is 0 Å². The molecule has 0 aliphatic rings. The van der Waals surface area contributed by atoms with Gasteiger partial charge in [-0.25, -0.2) is 0 Å². The maximum absolute atomic E-state index is 5.53. The van der Waals surface area contributed by atoms with Crippen molar-refractivity contribution < 1.29 is 9.15 Å². The van der Waals surface area contributed by atoms with Gasteiger partial charge in [0.2, 0.25) is 0 Å². The van der Waals surface area contributed by atoms with Gasteiger partial charge in [-0.3, -0.25) is 0 Å². The Labute approximate surface area is 97.5 Å². The molecule has 0 amide bonds. The Hall–Kier alpha value is -1.06. The first-order chi connectivity index (χ1) is 7.88. The first kappa shape index (κ1) is 13.0. The molecule has 0 saturated heterocycles. The van der Waals surface area contributed by atoms with E-state index in [1.807, 2.05) is 12.1 Å². The van der Waals surface area contributed by atoms with Crippen LogP contribution in [-0.4, -0.2) is 13.2 Å². The lowest BCUT2D eigenvalue weighted by Gasteiger charge is -2.04. The van der Waals surface area contributed by atoms with E-state index in [4.69, 9.17) is 9.15 Å². The van der Waals surface area contributed by atoms with E-state index in [1.165, 1.54) is 5.56 Å². The zero-order chi connectivity index (χ0) is 11.6. The lowest BCUT2D eigenvalue weighted by molar-refractivity contribution is 0.104. The maximum atomic E-state index is 5.53. The highest BCUT2D eigenvalue weighted by Gasteiger charge is 2.05. The summed E-state index contributed by atoms with van der Waals surface area (Å²) < 4.78 is 10.9. The molecule has 1 N–H and O–H groups in total. The molecule has 16 heavy (non-hydrogen) atoms. The van der Waals surface area contributed by atoms with Crippen molar-refractivity contribution in [3.8, 4) is 0 Å². The second kappa shape index (κ2) is 8.13. The van der Waals surface area contributed by atoms with E-state index in [2.05, 4.69) is 18.8 Å². The Kier molecular flexibility index (Phi) is 6.61. The molecule has 0 unspecified atom stereocenters. The van der Waals surface area contributed by atoms with Gasteiger partial charge in [0.15, 0.2) is 0 Å². The first-order valence-electron chi connectivity index (χ1n) is 5.83. The van der Waals surface area contributed by atoms with E-state index in [0.29, 0.717) is 6.61 Å². The van der Waals surface area contributed by atoms with Gasteiger partial charge < -0.3 is 14.5 Å². The predicted octanol–water partition coefficient (Wildman–Crippen LogP) is 2.87. The van der Waals surface area contributed by atoms with Crippen molar-refractivity contribution in [3.05, 3.63) is 36.3 Å². The van der Waals surface area contributed by atoms with E-state index in [0.717, 1.165) is 38.3 Å². The third kappa shape index (κ3) is 4.64. The number of ether oxygens (including phenoxy) is 1. The minimum atomic E-state index is 0.560. The Morgan fingerprint density at radius 2 is 2.44 bits per heavy atom. The van der Waals surface area contributed by atoms with Crippen LogP contribution >= 0.6 is 0 Å². The summed E-state index contributed by atoms with van der Waals surface area (Å²) in [6, 6.07) is 1.99. The molecule has 0 aliphatic heterocycles. The molecule has 0 radical (unpaired) electrons. The molecule has 3 nitrogen and oxygen atoms in total. The second-order valence-corrected chi connectivity index (χ2v) is 3.63. The van der Waals surface area contributed by atoms with E-state index in [-0.39, 0.29) is 0 Å². The number of rotatable bonds is 9. The number of hydrogen-bond donors (Lipinski definition) is 1. The Bertz CT molecular complexity index is 294. The highest BCUT2D eigenvalue weighted by molar-refractivity contribution is 5.15. The van der Waals surface area contributed by atoms with Crippen LogP contribution in [0.15, 0.2) is 29.4 Å². The number of nitrogens with one attached hydrogen (secondary N) is 1. The molecule has 1 heterocycles. The van der Waals surface area contributed by atoms with Gasteiger partial charge in [-0.1, -0.05) is 13.0 Å². The summed E-state index contributed by atoms with van der Waals surface area (Å²) >= 11 is 0. The number of furan rings is 1. The van der Waals surface area contributed by atoms with Gasteiger partial charge in [-0.2, -0.15) is 0 Å². The van der Waals surface area contributed by atoms with Gasteiger partial charge in [0.05, 0.1) is 6.26 Å². The predicted molar refractivity (Wildman–Crippen MR) is 65.2 cm³/mol. The van der Waals surface area contributed by atoms with Crippen LogP contribution in [0.4, 0.5) is 0 Å². The molecule has 3 heteroatoms. The fourth-order valence-electron chi connectivity index (χ4n) is 1.41. The normalized spacial score (nSPS) is 10.6. The number of allylic oxidation sites excluding steroid dienone is 1. The standard InChI is InChI=1S/C13H21NO2/c1-3-5-6-8-15-11-13-12(7-9-16-13)10-14-4-2/h3,7,9,14H,1,4-6,8,10-11H2,2H3. The Morgan fingerprint density at radius 1 is 1.56 bits per heavy atom. The zero-order valence-electron chi connectivity index (χ0n) is 10.00. The summed E-state index contributed by atoms with van der Waals surface area (Å²) in [5, 5.41) is 3.27. The van der Waals surface area contributed by atoms with Crippen molar-refractivity contribution in [1.29, 1.82) is 0 Å². The minimum absolute atomic E-state index is 0.560. The molecular weight excluding hydrogens is 202 g/mol. The van der Waals surface area contributed by atoms with E-state index in [1.54, 1.807) is 6.26 Å². The SMILES string of the molecule is C=CCCCOCc1occc1CNCC. The minimum Gasteiger partial charge on any atom is -0.467 e. The van der Waals surface area contributed by atoms with Crippen LogP contribution in [0.3, 0.4) is 0 Å². The molecule has 90 valence electrons. The van der Waals surface area contributed by atoms with Crippen LogP contribution in [-0.2, 0) is 17.9 Å². The fourth-order valence-corrected chi connectivity index (χ4v) is 1.41. The van der Waals surface area contributed by atoms with Gasteiger partial charge in [-0.15, -0.1) is 6.58 Å². The van der Waals surface area contributed by atoms with Gasteiger partial charge in [0.1, 0.15) is 12.4 Å². The molecule has 1 aromatic rings. The lowest BCUT2D eigenvalue weighted by Crippen LogP contribution is -2.12. The van der Waals surface area contributed by atoms with Crippen molar-refractivity contribution in [1.82, 2.24) is 5.32 Å². The van der Waals surface area contributed by atoms with Gasteiger partial charge in [0.25, 0.3) is 0 Å². The van der Waals surface area contributed by atoms with Crippen LogP contribution in [0.25, 0.3) is 0 Å². The monoisotopic (exact) mass is 223 g/mol. The van der Waals surface area contributed by atoms with Crippen LogP contribution in [0, 0.1) is 0 Å². The zero-order valence-corrected chi connectivity index (χ0v) is 10.00. The smallest absolute Gasteiger partial charge is 0.133 e. The second-order valence-electron chi connectivity index (χ2n) is 3.63.